The van der Waals surface area contributed by atoms with Gasteiger partial charge in [0.1, 0.15) is 11.2 Å². The van der Waals surface area contributed by atoms with Gasteiger partial charge in [-0.15, -0.1) is 11.3 Å². The zero-order valence-corrected chi connectivity index (χ0v) is 39.3. The number of aromatic nitrogens is 1. The van der Waals surface area contributed by atoms with Crippen LogP contribution in [0.15, 0.2) is 265 Å². The average Bonchev–Trinajstić information content (AvgIpc) is 4.12. The molecule has 0 saturated heterocycles. The third-order valence-corrected chi connectivity index (χ3v) is 15.0. The van der Waals surface area contributed by atoms with Gasteiger partial charge in [-0.25, -0.2) is 0 Å². The molecular weight excluding hydrogens is 883 g/mol. The van der Waals surface area contributed by atoms with Crippen molar-refractivity contribution in [3.63, 3.8) is 0 Å². The first kappa shape index (κ1) is 40.9. The Hall–Kier alpha value is -9.16. The quantitative estimate of drug-likeness (QED) is 0.144. The molecule has 4 nitrogen and oxygen atoms in total. The van der Waals surface area contributed by atoms with E-state index in [4.69, 9.17) is 4.42 Å². The Morgan fingerprint density at radius 1 is 0.338 bits per heavy atom. The van der Waals surface area contributed by atoms with Gasteiger partial charge >= 0.3 is 0 Å². The van der Waals surface area contributed by atoms with E-state index in [1.54, 1.807) is 0 Å². The second-order valence-corrected chi connectivity index (χ2v) is 19.2. The monoisotopic (exact) mass is 925 g/mol. The minimum absolute atomic E-state index is 0.846. The number of hydrogen-bond donors (Lipinski definition) is 0. The molecule has 0 spiro atoms. The molecule has 3 heterocycles. The largest absolute Gasteiger partial charge is 0.455 e. The van der Waals surface area contributed by atoms with Crippen LogP contribution in [0, 0.1) is 0 Å². The van der Waals surface area contributed by atoms with Crippen molar-refractivity contribution in [3.05, 3.63) is 261 Å². The summed E-state index contributed by atoms with van der Waals surface area (Å²) in [6.07, 6.45) is 0. The lowest BCUT2D eigenvalue weighted by molar-refractivity contribution is 0.670. The van der Waals surface area contributed by atoms with Gasteiger partial charge in [0.2, 0.25) is 0 Å². The van der Waals surface area contributed by atoms with Crippen LogP contribution >= 0.6 is 11.3 Å². The number of hydrogen-bond acceptors (Lipinski definition) is 4. The molecule has 0 radical (unpaired) electrons. The van der Waals surface area contributed by atoms with Gasteiger partial charge in [-0.2, -0.15) is 0 Å². The van der Waals surface area contributed by atoms with Crippen LogP contribution in [0.1, 0.15) is 0 Å². The van der Waals surface area contributed by atoms with Gasteiger partial charge in [0, 0.05) is 81.7 Å². The van der Waals surface area contributed by atoms with Crippen LogP contribution in [0.5, 0.6) is 0 Å². The van der Waals surface area contributed by atoms with Crippen molar-refractivity contribution in [1.29, 1.82) is 0 Å². The molecule has 0 unspecified atom stereocenters. The van der Waals surface area contributed by atoms with E-state index >= 15 is 0 Å². The standard InChI is InChI=1S/C66H43N3OS/c1-5-19-44(20-6-1)45-33-35-50(36-34-45)67(47-21-7-2-8-22-47)52-39-46(40-53(41-52)68(48-23-9-3-10-24-48)51-37-38-56-55-28-15-18-32-62(55)71-63(56)42-51)58-43-59-54-27-13-16-30-60(54)69(49-25-11-4-12-26-49)65(59)64-57-29-14-17-31-61(57)70-66(58)64/h1-43H. The van der Waals surface area contributed by atoms with Crippen LogP contribution in [-0.4, -0.2) is 4.57 Å². The molecule has 0 fully saturated rings. The second kappa shape index (κ2) is 16.8. The fourth-order valence-corrected chi connectivity index (χ4v) is 11.9. The molecule has 11 aromatic carbocycles. The predicted octanol–water partition coefficient (Wildman–Crippen LogP) is 19.3. The zero-order chi connectivity index (χ0) is 46.8. The van der Waals surface area contributed by atoms with Gasteiger partial charge in [0.25, 0.3) is 0 Å². The SMILES string of the molecule is c1ccc(-c2ccc(N(c3ccccc3)c3cc(-c4cc5c6ccccc6n(-c6ccccc6)c5c5c4oc4ccccc45)cc(N(c4ccccc4)c4ccc5c(c4)sc4ccccc45)c3)cc2)cc1. The molecule has 3 aromatic heterocycles. The van der Waals surface area contributed by atoms with Crippen LogP contribution < -0.4 is 9.80 Å². The molecule has 14 rings (SSSR count). The highest BCUT2D eigenvalue weighted by molar-refractivity contribution is 7.25. The smallest absolute Gasteiger partial charge is 0.145 e. The van der Waals surface area contributed by atoms with Crippen LogP contribution in [0.2, 0.25) is 0 Å². The van der Waals surface area contributed by atoms with E-state index in [0.717, 1.165) is 89.3 Å². The third kappa shape index (κ3) is 6.89. The number of para-hydroxylation sites is 5. The molecule has 0 bridgehead atoms. The normalized spacial score (nSPS) is 11.7. The average molecular weight is 926 g/mol. The lowest BCUT2D eigenvalue weighted by Gasteiger charge is -2.30. The van der Waals surface area contributed by atoms with E-state index in [2.05, 4.69) is 275 Å². The molecule has 0 aliphatic rings. The Morgan fingerprint density at radius 2 is 0.873 bits per heavy atom. The van der Waals surface area contributed by atoms with Crippen LogP contribution in [0.3, 0.4) is 0 Å². The predicted molar refractivity (Wildman–Crippen MR) is 301 cm³/mol. The molecule has 71 heavy (non-hydrogen) atoms. The minimum Gasteiger partial charge on any atom is -0.455 e. The van der Waals surface area contributed by atoms with Crippen LogP contribution in [-0.2, 0) is 0 Å². The van der Waals surface area contributed by atoms with Gasteiger partial charge in [0.05, 0.1) is 16.4 Å². The van der Waals surface area contributed by atoms with Crippen molar-refractivity contribution in [2.45, 2.75) is 0 Å². The molecule has 14 aromatic rings. The Bertz CT molecular complexity index is 4270. The first-order chi connectivity index (χ1) is 35.2. The third-order valence-electron chi connectivity index (χ3n) is 13.9. The summed E-state index contributed by atoms with van der Waals surface area (Å²) in [4.78, 5) is 4.80. The summed E-state index contributed by atoms with van der Waals surface area (Å²) in [5, 5.41) is 7.07. The van der Waals surface area contributed by atoms with E-state index in [1.165, 1.54) is 36.7 Å². The van der Waals surface area contributed by atoms with Crippen molar-refractivity contribution >= 4 is 109 Å². The highest BCUT2D eigenvalue weighted by atomic mass is 32.1. The maximum atomic E-state index is 7.17. The van der Waals surface area contributed by atoms with Crippen molar-refractivity contribution in [3.8, 4) is 27.9 Å². The molecule has 0 atom stereocenters. The zero-order valence-electron chi connectivity index (χ0n) is 38.5. The number of rotatable bonds is 9. The maximum Gasteiger partial charge on any atom is 0.145 e. The van der Waals surface area contributed by atoms with E-state index in [1.807, 2.05) is 11.3 Å². The van der Waals surface area contributed by atoms with E-state index in [9.17, 15) is 0 Å². The Balaban J connectivity index is 1.08. The van der Waals surface area contributed by atoms with Crippen molar-refractivity contribution in [1.82, 2.24) is 4.57 Å². The molecule has 0 aliphatic heterocycles. The molecule has 0 amide bonds. The molecule has 0 aliphatic carbocycles. The summed E-state index contributed by atoms with van der Waals surface area (Å²) >= 11 is 1.84. The molecule has 5 heteroatoms. The first-order valence-corrected chi connectivity index (χ1v) is 24.9. The molecular formula is C66H43N3OS. The summed E-state index contributed by atoms with van der Waals surface area (Å²) in [6.45, 7) is 0. The topological polar surface area (TPSA) is 24.6 Å². The van der Waals surface area contributed by atoms with Crippen molar-refractivity contribution in [2.75, 3.05) is 9.80 Å². The van der Waals surface area contributed by atoms with Gasteiger partial charge < -0.3 is 18.8 Å². The maximum absolute atomic E-state index is 7.17. The number of benzene rings is 11. The number of thiophene rings is 1. The summed E-state index contributed by atoms with van der Waals surface area (Å²) in [5.41, 5.74) is 15.7. The van der Waals surface area contributed by atoms with E-state index in [0.29, 0.717) is 0 Å². The van der Waals surface area contributed by atoms with Crippen LogP contribution in [0.25, 0.3) is 91.9 Å². The second-order valence-electron chi connectivity index (χ2n) is 18.1. The Morgan fingerprint density at radius 3 is 1.59 bits per heavy atom. The lowest BCUT2D eigenvalue weighted by Crippen LogP contribution is -2.13. The van der Waals surface area contributed by atoms with Crippen molar-refractivity contribution in [2.24, 2.45) is 0 Å². The minimum atomic E-state index is 0.846. The van der Waals surface area contributed by atoms with Gasteiger partial charge in [0.15, 0.2) is 0 Å². The number of nitrogens with zero attached hydrogens (tertiary/aromatic N) is 3. The number of fused-ring (bicyclic) bond motifs is 10. The Kier molecular flexibility index (Phi) is 9.68. The molecule has 0 N–H and O–H groups in total. The summed E-state index contributed by atoms with van der Waals surface area (Å²) < 4.78 is 12.1. The van der Waals surface area contributed by atoms with Gasteiger partial charge in [-0.05, 0) is 120 Å². The highest BCUT2D eigenvalue weighted by Gasteiger charge is 2.26. The summed E-state index contributed by atoms with van der Waals surface area (Å²) in [5.74, 6) is 0. The van der Waals surface area contributed by atoms with Crippen LogP contribution in [0.4, 0.5) is 34.1 Å². The van der Waals surface area contributed by atoms with Crippen molar-refractivity contribution < 1.29 is 4.42 Å². The summed E-state index contributed by atoms with van der Waals surface area (Å²) in [6, 6.07) is 94.1. The fourth-order valence-electron chi connectivity index (χ4n) is 10.7. The number of furan rings is 1. The molecule has 0 saturated carbocycles. The van der Waals surface area contributed by atoms with E-state index in [-0.39, 0.29) is 0 Å². The lowest BCUT2D eigenvalue weighted by atomic mass is 9.96. The summed E-state index contributed by atoms with van der Waals surface area (Å²) in [7, 11) is 0. The number of anilines is 6. The fraction of sp³-hybridized carbons (Fsp3) is 0. The van der Waals surface area contributed by atoms with E-state index < -0.39 is 0 Å². The Labute approximate surface area is 414 Å². The first-order valence-electron chi connectivity index (χ1n) is 24.1. The van der Waals surface area contributed by atoms with Gasteiger partial charge in [-0.3, -0.25) is 0 Å². The highest BCUT2D eigenvalue weighted by Crippen LogP contribution is 2.49. The molecule has 334 valence electrons. The van der Waals surface area contributed by atoms with Gasteiger partial charge in [-0.1, -0.05) is 158 Å².